The maximum Gasteiger partial charge on any atom is 0.224 e. The Hall–Kier alpha value is -1.78. The number of hydrogen-bond donors (Lipinski definition) is 0. The van der Waals surface area contributed by atoms with Crippen LogP contribution in [0.1, 0.15) is 49.8 Å². The minimum atomic E-state index is 0.252. The molecule has 2 atom stereocenters. The largest absolute Gasteiger partial charge is 0.334 e. The van der Waals surface area contributed by atoms with Crippen LogP contribution in [0.5, 0.6) is 0 Å². The van der Waals surface area contributed by atoms with Crippen LogP contribution in [0.2, 0.25) is 0 Å². The summed E-state index contributed by atoms with van der Waals surface area (Å²) in [7, 11) is 0. The number of thioether (sulfide) groups is 1. The van der Waals surface area contributed by atoms with Gasteiger partial charge in [0.25, 0.3) is 0 Å². The number of fused-ring (bicyclic) bond motifs is 1. The zero-order chi connectivity index (χ0) is 21.8. The summed E-state index contributed by atoms with van der Waals surface area (Å²) >= 11 is 1.91. The quantitative estimate of drug-likeness (QED) is 0.614. The van der Waals surface area contributed by atoms with Gasteiger partial charge in [0.2, 0.25) is 5.91 Å². The maximum atomic E-state index is 13.2. The van der Waals surface area contributed by atoms with E-state index in [1.807, 2.05) is 11.8 Å². The van der Waals surface area contributed by atoms with Gasteiger partial charge < -0.3 is 9.80 Å². The summed E-state index contributed by atoms with van der Waals surface area (Å²) in [6.45, 7) is 10.5. The number of nitrogens with zero attached hydrogens (tertiary/aromatic N) is 2. The van der Waals surface area contributed by atoms with E-state index < -0.39 is 0 Å². The lowest BCUT2D eigenvalue weighted by Gasteiger charge is -2.34. The number of aryl methyl sites for hydroxylation is 1. The van der Waals surface area contributed by atoms with Crippen LogP contribution in [0.4, 0.5) is 0 Å². The minimum Gasteiger partial charge on any atom is -0.334 e. The van der Waals surface area contributed by atoms with E-state index >= 15 is 0 Å². The van der Waals surface area contributed by atoms with Crippen molar-refractivity contribution in [1.29, 1.82) is 0 Å². The molecule has 1 fully saturated rings. The Morgan fingerprint density at radius 2 is 1.81 bits per heavy atom. The molecule has 2 aromatic carbocycles. The second kappa shape index (κ2) is 10.2. The average Bonchev–Trinajstić information content (AvgIpc) is 2.90. The summed E-state index contributed by atoms with van der Waals surface area (Å²) in [5, 5.41) is 0.404. The third-order valence-corrected chi connectivity index (χ3v) is 8.49. The molecular weight excluding hydrogens is 400 g/mol. The van der Waals surface area contributed by atoms with Crippen LogP contribution in [0, 0.1) is 12.8 Å². The molecule has 0 N–H and O–H groups in total. The fraction of sp³-hybridized carbons (Fsp3) is 0.519. The third-order valence-electron chi connectivity index (χ3n) is 7.08. The first-order valence-electron chi connectivity index (χ1n) is 11.8. The monoisotopic (exact) mass is 436 g/mol. The molecule has 2 aliphatic heterocycles. The molecule has 2 aromatic rings. The summed E-state index contributed by atoms with van der Waals surface area (Å²) < 4.78 is 0. The summed E-state index contributed by atoms with van der Waals surface area (Å²) in [5.74, 6) is 1.08. The van der Waals surface area contributed by atoms with Crippen LogP contribution >= 0.6 is 11.8 Å². The number of carbonyl (C=O) groups is 1. The molecule has 0 unspecified atom stereocenters. The highest BCUT2D eigenvalue weighted by atomic mass is 32.2. The van der Waals surface area contributed by atoms with E-state index in [4.69, 9.17) is 0 Å². The number of amides is 1. The van der Waals surface area contributed by atoms with Crippen LogP contribution in [-0.2, 0) is 17.8 Å². The van der Waals surface area contributed by atoms with Crippen molar-refractivity contribution >= 4 is 17.7 Å². The highest BCUT2D eigenvalue weighted by Gasteiger charge is 2.30. The van der Waals surface area contributed by atoms with E-state index in [-0.39, 0.29) is 6.04 Å². The summed E-state index contributed by atoms with van der Waals surface area (Å²) in [6, 6.07) is 17.8. The molecule has 0 saturated carbocycles. The zero-order valence-electron chi connectivity index (χ0n) is 19.2. The molecular formula is C27H36N2OS. The lowest BCUT2D eigenvalue weighted by molar-refractivity contribution is -0.134. The summed E-state index contributed by atoms with van der Waals surface area (Å²) in [5.41, 5.74) is 4.03. The molecule has 4 heteroatoms. The lowest BCUT2D eigenvalue weighted by Crippen LogP contribution is -2.43. The molecule has 0 bridgehead atoms. The Balaban J connectivity index is 1.29. The smallest absolute Gasteiger partial charge is 0.224 e. The van der Waals surface area contributed by atoms with E-state index in [0.29, 0.717) is 17.6 Å². The fourth-order valence-electron chi connectivity index (χ4n) is 4.90. The number of carbonyl (C=O) groups excluding carboxylic acids is 1. The van der Waals surface area contributed by atoms with Crippen molar-refractivity contribution in [2.75, 3.05) is 19.6 Å². The molecule has 0 aromatic heterocycles. The van der Waals surface area contributed by atoms with Crippen molar-refractivity contribution in [2.45, 2.75) is 69.2 Å². The van der Waals surface area contributed by atoms with Crippen molar-refractivity contribution in [1.82, 2.24) is 9.80 Å². The van der Waals surface area contributed by atoms with Crippen LogP contribution in [0.3, 0.4) is 0 Å². The minimum absolute atomic E-state index is 0.252. The van der Waals surface area contributed by atoms with Gasteiger partial charge in [0.05, 0.1) is 0 Å². The van der Waals surface area contributed by atoms with E-state index in [2.05, 4.69) is 79.1 Å². The van der Waals surface area contributed by atoms with Gasteiger partial charge in [-0.15, -0.1) is 11.8 Å². The Morgan fingerprint density at radius 1 is 1.06 bits per heavy atom. The number of benzene rings is 2. The molecule has 1 saturated heterocycles. The molecule has 0 spiro atoms. The molecule has 3 nitrogen and oxygen atoms in total. The van der Waals surface area contributed by atoms with Gasteiger partial charge in [-0.25, -0.2) is 0 Å². The predicted octanol–water partition coefficient (Wildman–Crippen LogP) is 5.55. The van der Waals surface area contributed by atoms with Crippen molar-refractivity contribution < 1.29 is 4.79 Å². The van der Waals surface area contributed by atoms with Gasteiger partial charge in [-0.1, -0.05) is 55.0 Å². The van der Waals surface area contributed by atoms with Crippen LogP contribution in [0.25, 0.3) is 0 Å². The topological polar surface area (TPSA) is 23.6 Å². The molecule has 1 amide bonds. The number of piperidine rings is 1. The van der Waals surface area contributed by atoms with Gasteiger partial charge in [0.15, 0.2) is 0 Å². The predicted molar refractivity (Wildman–Crippen MR) is 130 cm³/mol. The van der Waals surface area contributed by atoms with Crippen molar-refractivity contribution in [2.24, 2.45) is 5.92 Å². The summed E-state index contributed by atoms with van der Waals surface area (Å²) in [4.78, 5) is 19.2. The molecule has 0 aliphatic carbocycles. The van der Waals surface area contributed by atoms with Crippen LogP contribution in [0.15, 0.2) is 53.4 Å². The van der Waals surface area contributed by atoms with Gasteiger partial charge in [-0.3, -0.25) is 4.79 Å². The Bertz CT molecular complexity index is 876. The first-order valence-corrected chi connectivity index (χ1v) is 12.7. The molecule has 31 heavy (non-hydrogen) atoms. The zero-order valence-corrected chi connectivity index (χ0v) is 20.0. The summed E-state index contributed by atoms with van der Waals surface area (Å²) in [6.07, 6.45) is 4.30. The molecule has 4 rings (SSSR count). The molecule has 166 valence electrons. The number of hydrogen-bond acceptors (Lipinski definition) is 3. The molecule has 2 aliphatic rings. The van der Waals surface area contributed by atoms with Gasteiger partial charge in [0.1, 0.15) is 0 Å². The van der Waals surface area contributed by atoms with Crippen molar-refractivity contribution in [3.63, 3.8) is 0 Å². The second-order valence-corrected chi connectivity index (χ2v) is 10.8. The first-order chi connectivity index (χ1) is 15.0. The van der Waals surface area contributed by atoms with Gasteiger partial charge in [-0.2, -0.15) is 0 Å². The second-order valence-electron chi connectivity index (χ2n) is 9.42. The van der Waals surface area contributed by atoms with Crippen LogP contribution in [-0.4, -0.2) is 46.6 Å². The van der Waals surface area contributed by atoms with Gasteiger partial charge >= 0.3 is 0 Å². The number of likely N-dealkylation sites (tertiary alicyclic amines) is 1. The highest BCUT2D eigenvalue weighted by molar-refractivity contribution is 8.00. The SMILES string of the molecule is Cc1ccc2c(c1)CN(C(=O)CCN1CCC(Cc3ccccc3)CC1)[C@@H](C)[C@H](C)S2. The van der Waals surface area contributed by atoms with E-state index in [1.165, 1.54) is 40.8 Å². The highest BCUT2D eigenvalue weighted by Crippen LogP contribution is 2.35. The Kier molecular flexibility index (Phi) is 7.39. The Morgan fingerprint density at radius 3 is 2.55 bits per heavy atom. The molecule has 0 radical (unpaired) electrons. The normalized spacial score (nSPS) is 22.7. The average molecular weight is 437 g/mol. The number of rotatable bonds is 5. The van der Waals surface area contributed by atoms with Crippen LogP contribution < -0.4 is 0 Å². The van der Waals surface area contributed by atoms with Gasteiger partial charge in [-0.05, 0) is 69.3 Å². The van der Waals surface area contributed by atoms with Crippen molar-refractivity contribution in [3.8, 4) is 0 Å². The van der Waals surface area contributed by atoms with Gasteiger partial charge in [0, 0.05) is 35.7 Å². The fourth-order valence-corrected chi connectivity index (χ4v) is 6.07. The Labute approximate surface area is 192 Å². The first kappa shape index (κ1) is 22.4. The van der Waals surface area contributed by atoms with E-state index in [0.717, 1.165) is 32.1 Å². The van der Waals surface area contributed by atoms with E-state index in [9.17, 15) is 4.79 Å². The standard InChI is InChI=1S/C27H36N2OS/c1-20-9-10-26-25(17-20)19-29(21(2)22(3)31-26)27(30)13-16-28-14-11-24(12-15-28)18-23-7-5-4-6-8-23/h4-10,17,21-22,24H,11-16,18-19H2,1-3H3/t21-,22-/m0/s1. The molecule has 2 heterocycles. The lowest BCUT2D eigenvalue weighted by atomic mass is 9.90. The maximum absolute atomic E-state index is 13.2. The van der Waals surface area contributed by atoms with Crippen molar-refractivity contribution in [3.05, 3.63) is 65.2 Å². The third kappa shape index (κ3) is 5.72. The van der Waals surface area contributed by atoms with E-state index in [1.54, 1.807) is 0 Å².